The van der Waals surface area contributed by atoms with Crippen molar-refractivity contribution in [1.82, 2.24) is 10.6 Å². The number of aliphatic imine (C=N–C) groups is 1. The highest BCUT2D eigenvalue weighted by atomic mass is 127. The molecule has 0 aliphatic carbocycles. The van der Waals surface area contributed by atoms with Gasteiger partial charge in [0.15, 0.2) is 5.96 Å². The lowest BCUT2D eigenvalue weighted by Gasteiger charge is -2.14. The van der Waals surface area contributed by atoms with E-state index in [1.165, 1.54) is 16.5 Å². The smallest absolute Gasteiger partial charge is 0.191 e. The molecule has 1 aromatic carbocycles. The molecule has 0 aliphatic rings. The lowest BCUT2D eigenvalue weighted by molar-refractivity contribution is 0.625. The number of nitrogens with zero attached hydrogens (tertiary/aromatic N) is 1. The lowest BCUT2D eigenvalue weighted by Crippen LogP contribution is -2.36. The van der Waals surface area contributed by atoms with Crippen molar-refractivity contribution in [2.45, 2.75) is 25.8 Å². The molecule has 7 heteroatoms. The SMILES string of the molecule is CN=C(NCc1ccc(F)cc1CSC)NCc1sccc1C.I. The van der Waals surface area contributed by atoms with E-state index in [1.54, 1.807) is 36.2 Å². The van der Waals surface area contributed by atoms with Crippen LogP contribution in [0.1, 0.15) is 21.6 Å². The fraction of sp³-hybridized carbons (Fsp3) is 0.353. The Kier molecular flexibility index (Phi) is 9.68. The molecule has 0 amide bonds. The van der Waals surface area contributed by atoms with Crippen LogP contribution >= 0.6 is 47.1 Å². The van der Waals surface area contributed by atoms with Crippen LogP contribution < -0.4 is 10.6 Å². The number of nitrogens with one attached hydrogen (secondary N) is 2. The van der Waals surface area contributed by atoms with E-state index in [4.69, 9.17) is 0 Å². The second-order valence-electron chi connectivity index (χ2n) is 5.15. The molecule has 0 aliphatic heterocycles. The molecule has 2 N–H and O–H groups in total. The van der Waals surface area contributed by atoms with Crippen LogP contribution in [-0.4, -0.2) is 19.3 Å². The van der Waals surface area contributed by atoms with E-state index in [0.29, 0.717) is 6.54 Å². The van der Waals surface area contributed by atoms with Crippen LogP contribution in [0.4, 0.5) is 4.39 Å². The van der Waals surface area contributed by atoms with Crippen LogP contribution in [0.5, 0.6) is 0 Å². The van der Waals surface area contributed by atoms with Gasteiger partial charge >= 0.3 is 0 Å². The summed E-state index contributed by atoms with van der Waals surface area (Å²) in [6.07, 6.45) is 2.02. The van der Waals surface area contributed by atoms with Gasteiger partial charge in [0.1, 0.15) is 5.82 Å². The number of hydrogen-bond donors (Lipinski definition) is 2. The number of aryl methyl sites for hydroxylation is 1. The zero-order valence-corrected chi connectivity index (χ0v) is 18.0. The van der Waals surface area contributed by atoms with Gasteiger partial charge in [-0.1, -0.05) is 6.07 Å². The Morgan fingerprint density at radius 1 is 1.21 bits per heavy atom. The van der Waals surface area contributed by atoms with Gasteiger partial charge in [0.25, 0.3) is 0 Å². The van der Waals surface area contributed by atoms with Crippen molar-refractivity contribution in [3.05, 3.63) is 57.0 Å². The van der Waals surface area contributed by atoms with Gasteiger partial charge in [-0.3, -0.25) is 4.99 Å². The first kappa shape index (κ1) is 21.2. The maximum atomic E-state index is 13.4. The van der Waals surface area contributed by atoms with Gasteiger partial charge in [-0.15, -0.1) is 35.3 Å². The molecule has 0 spiro atoms. The molecule has 2 rings (SSSR count). The van der Waals surface area contributed by atoms with Crippen molar-refractivity contribution in [3.63, 3.8) is 0 Å². The van der Waals surface area contributed by atoms with Crippen molar-refractivity contribution in [1.29, 1.82) is 0 Å². The van der Waals surface area contributed by atoms with Gasteiger partial charge < -0.3 is 10.6 Å². The van der Waals surface area contributed by atoms with Gasteiger partial charge in [-0.2, -0.15) is 11.8 Å². The highest BCUT2D eigenvalue weighted by molar-refractivity contribution is 14.0. The second-order valence-corrected chi connectivity index (χ2v) is 7.02. The molecule has 2 aromatic rings. The second kappa shape index (κ2) is 10.9. The van der Waals surface area contributed by atoms with Gasteiger partial charge in [-0.25, -0.2) is 4.39 Å². The third-order valence-corrected chi connectivity index (χ3v) is 5.15. The van der Waals surface area contributed by atoms with Crippen LogP contribution in [0, 0.1) is 12.7 Å². The maximum Gasteiger partial charge on any atom is 0.191 e. The molecule has 0 saturated carbocycles. The zero-order valence-electron chi connectivity index (χ0n) is 14.1. The quantitative estimate of drug-likeness (QED) is 0.363. The van der Waals surface area contributed by atoms with Crippen molar-refractivity contribution in [2.24, 2.45) is 4.99 Å². The van der Waals surface area contributed by atoms with E-state index in [9.17, 15) is 4.39 Å². The molecule has 0 bridgehead atoms. The lowest BCUT2D eigenvalue weighted by atomic mass is 10.1. The Hall–Kier alpha value is -0.800. The van der Waals surface area contributed by atoms with Gasteiger partial charge in [-0.05, 0) is 53.4 Å². The monoisotopic (exact) mass is 479 g/mol. The molecule has 3 nitrogen and oxygen atoms in total. The molecule has 24 heavy (non-hydrogen) atoms. The minimum absolute atomic E-state index is 0. The number of halogens is 2. The molecule has 0 atom stereocenters. The molecular weight excluding hydrogens is 456 g/mol. The van der Waals surface area contributed by atoms with Crippen LogP contribution in [0.2, 0.25) is 0 Å². The Morgan fingerprint density at radius 2 is 1.96 bits per heavy atom. The minimum Gasteiger partial charge on any atom is -0.352 e. The molecule has 1 aromatic heterocycles. The number of rotatable bonds is 6. The summed E-state index contributed by atoms with van der Waals surface area (Å²) >= 11 is 3.43. The van der Waals surface area contributed by atoms with E-state index in [1.807, 2.05) is 12.3 Å². The molecule has 132 valence electrons. The third kappa shape index (κ3) is 6.25. The fourth-order valence-corrected chi connectivity index (χ4v) is 3.63. The number of benzene rings is 1. The van der Waals surface area contributed by atoms with Gasteiger partial charge in [0.2, 0.25) is 0 Å². The predicted octanol–water partition coefficient (Wildman–Crippen LogP) is 4.54. The summed E-state index contributed by atoms with van der Waals surface area (Å²) < 4.78 is 13.4. The highest BCUT2D eigenvalue weighted by Crippen LogP contribution is 2.17. The van der Waals surface area contributed by atoms with Crippen LogP contribution in [0.25, 0.3) is 0 Å². The first-order chi connectivity index (χ1) is 11.1. The summed E-state index contributed by atoms with van der Waals surface area (Å²) in [6.45, 7) is 3.49. The zero-order chi connectivity index (χ0) is 16.7. The summed E-state index contributed by atoms with van der Waals surface area (Å²) in [6, 6.07) is 7.07. The van der Waals surface area contributed by atoms with Crippen LogP contribution in [0.15, 0.2) is 34.6 Å². The normalized spacial score (nSPS) is 11.1. The summed E-state index contributed by atoms with van der Waals surface area (Å²) in [5.41, 5.74) is 3.41. The first-order valence-electron chi connectivity index (χ1n) is 7.37. The summed E-state index contributed by atoms with van der Waals surface area (Å²) in [7, 11) is 1.75. The van der Waals surface area contributed by atoms with Crippen LogP contribution in [0.3, 0.4) is 0 Å². The number of thioether (sulfide) groups is 1. The predicted molar refractivity (Wildman–Crippen MR) is 115 cm³/mol. The van der Waals surface area contributed by atoms with E-state index in [-0.39, 0.29) is 29.8 Å². The minimum atomic E-state index is -0.187. The molecular formula is C17H23FIN3S2. The molecule has 0 radical (unpaired) electrons. The Labute approximate surface area is 168 Å². The standard InChI is InChI=1S/C17H22FN3S2.HI/c1-12-6-7-23-16(12)10-21-17(19-2)20-9-13-4-5-15(18)8-14(13)11-22-3;/h4-8H,9-11H2,1-3H3,(H2,19,20,21);1H. The Morgan fingerprint density at radius 3 is 2.58 bits per heavy atom. The van der Waals surface area contributed by atoms with E-state index in [0.717, 1.165) is 29.4 Å². The number of guanidine groups is 1. The number of hydrogen-bond acceptors (Lipinski definition) is 3. The average Bonchev–Trinajstić information content (AvgIpc) is 2.95. The third-order valence-electron chi connectivity index (χ3n) is 3.52. The van der Waals surface area contributed by atoms with Gasteiger partial charge in [0, 0.05) is 24.2 Å². The average molecular weight is 479 g/mol. The summed E-state index contributed by atoms with van der Waals surface area (Å²) in [5, 5.41) is 8.71. The number of thiophene rings is 1. The van der Waals surface area contributed by atoms with Crippen molar-refractivity contribution < 1.29 is 4.39 Å². The van der Waals surface area contributed by atoms with Crippen LogP contribution in [-0.2, 0) is 18.8 Å². The van der Waals surface area contributed by atoms with E-state index >= 15 is 0 Å². The van der Waals surface area contributed by atoms with Crippen molar-refractivity contribution in [3.8, 4) is 0 Å². The molecule has 0 saturated heterocycles. The Bertz CT molecular complexity index is 674. The largest absolute Gasteiger partial charge is 0.352 e. The molecule has 0 fully saturated rings. The van der Waals surface area contributed by atoms with Crippen molar-refractivity contribution in [2.75, 3.05) is 13.3 Å². The maximum absolute atomic E-state index is 13.4. The summed E-state index contributed by atoms with van der Waals surface area (Å²) in [4.78, 5) is 5.55. The van der Waals surface area contributed by atoms with Gasteiger partial charge in [0.05, 0.1) is 6.54 Å². The van der Waals surface area contributed by atoms with Crippen molar-refractivity contribution >= 4 is 53.0 Å². The topological polar surface area (TPSA) is 36.4 Å². The molecule has 1 heterocycles. The fourth-order valence-electron chi connectivity index (χ4n) is 2.21. The summed E-state index contributed by atoms with van der Waals surface area (Å²) in [5.74, 6) is 1.36. The highest BCUT2D eigenvalue weighted by Gasteiger charge is 2.06. The van der Waals surface area contributed by atoms with E-state index < -0.39 is 0 Å². The first-order valence-corrected chi connectivity index (χ1v) is 9.65. The Balaban J connectivity index is 0.00000288. The molecule has 0 unspecified atom stereocenters. The van der Waals surface area contributed by atoms with E-state index in [2.05, 4.69) is 34.0 Å².